The maximum Gasteiger partial charge on any atom is 0.155 e. The number of nitrogens with zero attached hydrogens (tertiary/aromatic N) is 4. The van der Waals surface area contributed by atoms with Gasteiger partial charge in [0.1, 0.15) is 4.60 Å². The number of hydrogen-bond acceptors (Lipinski definition) is 4. The van der Waals surface area contributed by atoms with Gasteiger partial charge in [-0.2, -0.15) is 5.26 Å². The molecule has 98 valence electrons. The number of anilines is 1. The van der Waals surface area contributed by atoms with Gasteiger partial charge in [-0.15, -0.1) is 0 Å². The average molecular weight is 328 g/mol. The molecule has 0 bridgehead atoms. The van der Waals surface area contributed by atoms with E-state index in [4.69, 9.17) is 5.26 Å². The molecular weight excluding hydrogens is 318 g/mol. The SMILES string of the molecule is N#Cc1cccc(NCc2cnc3cnc(Br)cn23)c1. The molecule has 6 heteroatoms. The summed E-state index contributed by atoms with van der Waals surface area (Å²) in [6, 6.07) is 9.51. The van der Waals surface area contributed by atoms with Crippen molar-refractivity contribution in [3.05, 3.63) is 58.7 Å². The van der Waals surface area contributed by atoms with Crippen molar-refractivity contribution in [2.45, 2.75) is 6.54 Å². The van der Waals surface area contributed by atoms with Crippen LogP contribution in [-0.4, -0.2) is 14.4 Å². The van der Waals surface area contributed by atoms with Crippen LogP contribution in [0.2, 0.25) is 0 Å². The van der Waals surface area contributed by atoms with Gasteiger partial charge in [0.2, 0.25) is 0 Å². The summed E-state index contributed by atoms with van der Waals surface area (Å²) < 4.78 is 2.73. The Balaban J connectivity index is 1.83. The predicted molar refractivity (Wildman–Crippen MR) is 79.2 cm³/mol. The van der Waals surface area contributed by atoms with Crippen molar-refractivity contribution in [2.75, 3.05) is 5.32 Å². The Morgan fingerprint density at radius 2 is 2.20 bits per heavy atom. The Hall–Kier alpha value is -2.39. The highest BCUT2D eigenvalue weighted by molar-refractivity contribution is 9.10. The lowest BCUT2D eigenvalue weighted by Crippen LogP contribution is -2.03. The Morgan fingerprint density at radius 1 is 1.30 bits per heavy atom. The second kappa shape index (κ2) is 5.31. The summed E-state index contributed by atoms with van der Waals surface area (Å²) in [5, 5.41) is 12.2. The molecule has 0 unspecified atom stereocenters. The molecule has 0 fully saturated rings. The van der Waals surface area contributed by atoms with Gasteiger partial charge in [-0.25, -0.2) is 9.97 Å². The second-order valence-corrected chi connectivity index (χ2v) is 5.05. The van der Waals surface area contributed by atoms with Crippen LogP contribution in [0, 0.1) is 11.3 Å². The monoisotopic (exact) mass is 327 g/mol. The van der Waals surface area contributed by atoms with Crippen molar-refractivity contribution < 1.29 is 0 Å². The third kappa shape index (κ3) is 2.49. The van der Waals surface area contributed by atoms with Crippen LogP contribution in [0.3, 0.4) is 0 Å². The molecule has 2 heterocycles. The third-order valence-corrected chi connectivity index (χ3v) is 3.32. The Labute approximate surface area is 124 Å². The highest BCUT2D eigenvalue weighted by Crippen LogP contribution is 2.14. The first kappa shape index (κ1) is 12.6. The normalized spacial score (nSPS) is 10.4. The first-order chi connectivity index (χ1) is 9.76. The fourth-order valence-electron chi connectivity index (χ4n) is 1.94. The van der Waals surface area contributed by atoms with E-state index in [1.54, 1.807) is 12.3 Å². The molecule has 5 nitrogen and oxygen atoms in total. The molecule has 0 saturated heterocycles. The van der Waals surface area contributed by atoms with Gasteiger partial charge in [-0.1, -0.05) is 6.07 Å². The highest BCUT2D eigenvalue weighted by Gasteiger charge is 2.04. The Bertz CT molecular complexity index is 803. The van der Waals surface area contributed by atoms with Gasteiger partial charge < -0.3 is 5.32 Å². The summed E-state index contributed by atoms with van der Waals surface area (Å²) in [6.45, 7) is 0.618. The maximum atomic E-state index is 8.88. The van der Waals surface area contributed by atoms with Gasteiger partial charge in [0.25, 0.3) is 0 Å². The lowest BCUT2D eigenvalue weighted by molar-refractivity contribution is 0.983. The van der Waals surface area contributed by atoms with Crippen molar-refractivity contribution in [1.82, 2.24) is 14.4 Å². The van der Waals surface area contributed by atoms with Crippen molar-refractivity contribution >= 4 is 27.3 Å². The van der Waals surface area contributed by atoms with E-state index in [1.165, 1.54) is 0 Å². The highest BCUT2D eigenvalue weighted by atomic mass is 79.9. The van der Waals surface area contributed by atoms with Gasteiger partial charge in [-0.05, 0) is 34.1 Å². The van der Waals surface area contributed by atoms with Crippen molar-refractivity contribution in [3.63, 3.8) is 0 Å². The van der Waals surface area contributed by atoms with Crippen LogP contribution in [0.15, 0.2) is 47.5 Å². The number of fused-ring (bicyclic) bond motifs is 1. The molecule has 1 aromatic carbocycles. The number of nitriles is 1. The van der Waals surface area contributed by atoms with Crippen LogP contribution in [-0.2, 0) is 6.54 Å². The van der Waals surface area contributed by atoms with Crippen LogP contribution in [0.25, 0.3) is 5.65 Å². The minimum Gasteiger partial charge on any atom is -0.379 e. The van der Waals surface area contributed by atoms with E-state index >= 15 is 0 Å². The maximum absolute atomic E-state index is 8.88. The summed E-state index contributed by atoms with van der Waals surface area (Å²) in [7, 11) is 0. The molecule has 3 aromatic rings. The van der Waals surface area contributed by atoms with E-state index in [0.29, 0.717) is 12.1 Å². The number of benzene rings is 1. The molecular formula is C14H10BrN5. The van der Waals surface area contributed by atoms with Crippen LogP contribution in [0.1, 0.15) is 11.3 Å². The molecule has 0 saturated carbocycles. The summed E-state index contributed by atoms with van der Waals surface area (Å²) in [4.78, 5) is 8.43. The lowest BCUT2D eigenvalue weighted by Gasteiger charge is -2.06. The zero-order chi connectivity index (χ0) is 13.9. The zero-order valence-corrected chi connectivity index (χ0v) is 12.0. The molecule has 0 amide bonds. The third-order valence-electron chi connectivity index (χ3n) is 2.91. The summed E-state index contributed by atoms with van der Waals surface area (Å²) in [5.41, 5.74) is 3.37. The van der Waals surface area contributed by atoms with Crippen molar-refractivity contribution in [3.8, 4) is 6.07 Å². The molecule has 0 aliphatic carbocycles. The van der Waals surface area contributed by atoms with Crippen molar-refractivity contribution in [1.29, 1.82) is 5.26 Å². The zero-order valence-electron chi connectivity index (χ0n) is 10.4. The summed E-state index contributed by atoms with van der Waals surface area (Å²) >= 11 is 3.35. The van der Waals surface area contributed by atoms with E-state index in [0.717, 1.165) is 21.6 Å². The van der Waals surface area contributed by atoms with Gasteiger partial charge in [0, 0.05) is 11.9 Å². The molecule has 2 aromatic heterocycles. The minimum atomic E-state index is 0.618. The Morgan fingerprint density at radius 3 is 3.05 bits per heavy atom. The standard InChI is InChI=1S/C14H10BrN5/c15-13-9-20-12(7-19-14(20)8-18-13)6-17-11-3-1-2-10(4-11)5-16/h1-4,7-9,17H,6H2. The van der Waals surface area contributed by atoms with Crippen LogP contribution in [0.4, 0.5) is 5.69 Å². The van der Waals surface area contributed by atoms with E-state index in [-0.39, 0.29) is 0 Å². The van der Waals surface area contributed by atoms with Crippen molar-refractivity contribution in [2.24, 2.45) is 0 Å². The molecule has 0 aliphatic rings. The first-order valence-electron chi connectivity index (χ1n) is 5.98. The summed E-state index contributed by atoms with van der Waals surface area (Å²) in [5.74, 6) is 0. The van der Waals surface area contributed by atoms with Gasteiger partial charge in [0.15, 0.2) is 5.65 Å². The largest absolute Gasteiger partial charge is 0.379 e. The molecule has 0 aliphatic heterocycles. The van der Waals surface area contributed by atoms with Gasteiger partial charge in [0.05, 0.1) is 36.3 Å². The number of nitrogens with one attached hydrogen (secondary N) is 1. The lowest BCUT2D eigenvalue weighted by atomic mass is 10.2. The quantitative estimate of drug-likeness (QED) is 0.803. The topological polar surface area (TPSA) is 66.0 Å². The van der Waals surface area contributed by atoms with E-state index in [2.05, 4.69) is 37.3 Å². The van der Waals surface area contributed by atoms with E-state index < -0.39 is 0 Å². The molecule has 0 spiro atoms. The molecule has 0 atom stereocenters. The Kier molecular flexibility index (Phi) is 3.35. The van der Waals surface area contributed by atoms with E-state index in [1.807, 2.05) is 35.0 Å². The van der Waals surface area contributed by atoms with Crippen LogP contribution < -0.4 is 5.32 Å². The molecule has 0 radical (unpaired) electrons. The molecule has 3 rings (SSSR count). The van der Waals surface area contributed by atoms with E-state index in [9.17, 15) is 0 Å². The van der Waals surface area contributed by atoms with Gasteiger partial charge >= 0.3 is 0 Å². The predicted octanol–water partition coefficient (Wildman–Crippen LogP) is 2.98. The molecule has 1 N–H and O–H groups in total. The number of aromatic nitrogens is 3. The fourth-order valence-corrected chi connectivity index (χ4v) is 2.25. The number of halogens is 1. The fraction of sp³-hybridized carbons (Fsp3) is 0.0714. The number of hydrogen-bond donors (Lipinski definition) is 1. The average Bonchev–Trinajstić information content (AvgIpc) is 2.87. The van der Waals surface area contributed by atoms with Crippen LogP contribution >= 0.6 is 15.9 Å². The number of rotatable bonds is 3. The second-order valence-electron chi connectivity index (χ2n) is 4.23. The van der Waals surface area contributed by atoms with Crippen LogP contribution in [0.5, 0.6) is 0 Å². The molecule has 20 heavy (non-hydrogen) atoms. The summed E-state index contributed by atoms with van der Waals surface area (Å²) in [6.07, 6.45) is 5.40. The smallest absolute Gasteiger partial charge is 0.155 e. The first-order valence-corrected chi connectivity index (χ1v) is 6.77. The van der Waals surface area contributed by atoms with Gasteiger partial charge in [-0.3, -0.25) is 4.40 Å². The number of imidazole rings is 1. The minimum absolute atomic E-state index is 0.618.